The van der Waals surface area contributed by atoms with Crippen LogP contribution in [0.5, 0.6) is 0 Å². The van der Waals surface area contributed by atoms with E-state index in [0.29, 0.717) is 0 Å². The third kappa shape index (κ3) is 3.51. The van der Waals surface area contributed by atoms with Crippen LogP contribution in [-0.4, -0.2) is 25.9 Å². The second-order valence-electron chi connectivity index (χ2n) is 3.68. The third-order valence-corrected chi connectivity index (χ3v) is 4.02. The molecule has 0 unspecified atom stereocenters. The predicted octanol–water partition coefficient (Wildman–Crippen LogP) is 2.26. The fourth-order valence-corrected chi connectivity index (χ4v) is 2.99. The van der Waals surface area contributed by atoms with Crippen LogP contribution in [0.25, 0.3) is 0 Å². The van der Waals surface area contributed by atoms with Gasteiger partial charge in [0.25, 0.3) is 0 Å². The van der Waals surface area contributed by atoms with E-state index in [4.69, 9.17) is 4.74 Å². The van der Waals surface area contributed by atoms with Crippen LogP contribution < -0.4 is 4.46 Å². The van der Waals surface area contributed by atoms with Crippen LogP contribution in [0, 0.1) is 0 Å². The van der Waals surface area contributed by atoms with Crippen molar-refractivity contribution in [2.75, 3.05) is 0 Å². The Morgan fingerprint density at radius 2 is 2.12 bits per heavy atom. The summed E-state index contributed by atoms with van der Waals surface area (Å²) in [6.45, 7) is 0. The van der Waals surface area contributed by atoms with Crippen LogP contribution >= 0.6 is 0 Å². The van der Waals surface area contributed by atoms with Crippen LogP contribution in [0.15, 0.2) is 42.5 Å². The van der Waals surface area contributed by atoms with Gasteiger partial charge in [0.2, 0.25) is 0 Å². The van der Waals surface area contributed by atoms with Gasteiger partial charge < -0.3 is 0 Å². The summed E-state index contributed by atoms with van der Waals surface area (Å²) in [5.74, 6) is 0. The molecular weight excluding hydrogens is 267 g/mol. The Morgan fingerprint density at radius 3 is 2.81 bits per heavy atom. The first-order valence-electron chi connectivity index (χ1n) is 5.45. The molecule has 1 atom stereocenters. The Kier molecular flexibility index (Phi) is 4.20. The standard InChI is InChI=1S/C13H14O2Se/c14-13(15-11-7-3-1-4-8-11)16-12-9-5-2-6-10-12/h2-3,5-7,9-11H,1,4,8H2/t11-/m1/s1. The number of carbonyl (C=O) groups is 1. The quantitative estimate of drug-likeness (QED) is 0.627. The zero-order chi connectivity index (χ0) is 11.2. The van der Waals surface area contributed by atoms with Gasteiger partial charge in [-0.1, -0.05) is 0 Å². The van der Waals surface area contributed by atoms with Crippen LogP contribution in [-0.2, 0) is 4.74 Å². The van der Waals surface area contributed by atoms with Gasteiger partial charge in [-0.3, -0.25) is 0 Å². The number of hydrogen-bond donors (Lipinski definition) is 0. The van der Waals surface area contributed by atoms with Gasteiger partial charge >= 0.3 is 102 Å². The zero-order valence-corrected chi connectivity index (χ0v) is 10.7. The van der Waals surface area contributed by atoms with E-state index in [1.165, 1.54) is 0 Å². The summed E-state index contributed by atoms with van der Waals surface area (Å²) >= 11 is -0.216. The summed E-state index contributed by atoms with van der Waals surface area (Å²) in [5.41, 5.74) is 0. The van der Waals surface area contributed by atoms with Gasteiger partial charge in [-0.05, 0) is 0 Å². The van der Waals surface area contributed by atoms with E-state index in [-0.39, 0.29) is 25.9 Å². The van der Waals surface area contributed by atoms with Gasteiger partial charge in [0.05, 0.1) is 0 Å². The second kappa shape index (κ2) is 5.88. The molecule has 0 saturated heterocycles. The number of hydrogen-bond acceptors (Lipinski definition) is 2. The van der Waals surface area contributed by atoms with Crippen molar-refractivity contribution in [3.63, 3.8) is 0 Å². The molecule has 3 heteroatoms. The molecule has 2 rings (SSSR count). The van der Waals surface area contributed by atoms with E-state index in [2.05, 4.69) is 6.08 Å². The van der Waals surface area contributed by atoms with Crippen molar-refractivity contribution in [1.82, 2.24) is 0 Å². The first-order chi connectivity index (χ1) is 7.84. The van der Waals surface area contributed by atoms with Crippen molar-refractivity contribution in [3.05, 3.63) is 42.5 Å². The normalized spacial score (nSPS) is 19.4. The molecule has 1 aromatic rings. The average Bonchev–Trinajstić information content (AvgIpc) is 2.31. The van der Waals surface area contributed by atoms with Gasteiger partial charge in [0.1, 0.15) is 0 Å². The summed E-state index contributed by atoms with van der Waals surface area (Å²) in [4.78, 5) is 11.6. The topological polar surface area (TPSA) is 26.3 Å². The molecule has 0 saturated carbocycles. The average molecular weight is 281 g/mol. The van der Waals surface area contributed by atoms with Crippen LogP contribution in [0.2, 0.25) is 0 Å². The number of benzene rings is 1. The molecule has 0 fully saturated rings. The maximum atomic E-state index is 11.7. The minimum absolute atomic E-state index is 0.00633. The molecule has 0 spiro atoms. The first-order valence-corrected chi connectivity index (χ1v) is 7.16. The van der Waals surface area contributed by atoms with E-state index < -0.39 is 0 Å². The molecule has 0 bridgehead atoms. The molecule has 1 aliphatic carbocycles. The summed E-state index contributed by atoms with van der Waals surface area (Å²) in [6, 6.07) is 9.79. The van der Waals surface area contributed by atoms with Gasteiger partial charge in [-0.15, -0.1) is 0 Å². The van der Waals surface area contributed by atoms with E-state index >= 15 is 0 Å². The predicted molar refractivity (Wildman–Crippen MR) is 65.1 cm³/mol. The fourth-order valence-electron chi connectivity index (χ4n) is 1.61. The van der Waals surface area contributed by atoms with Crippen molar-refractivity contribution in [3.8, 4) is 0 Å². The molecular formula is C13H14O2Se. The molecule has 1 aromatic carbocycles. The van der Waals surface area contributed by atoms with Gasteiger partial charge in [-0.25, -0.2) is 0 Å². The molecule has 84 valence electrons. The third-order valence-electron chi connectivity index (χ3n) is 2.40. The second-order valence-corrected chi connectivity index (χ2v) is 5.80. The Bertz CT molecular complexity index is 373. The molecule has 0 heterocycles. The van der Waals surface area contributed by atoms with E-state index in [9.17, 15) is 4.79 Å². The van der Waals surface area contributed by atoms with Crippen LogP contribution in [0.4, 0.5) is 4.79 Å². The molecule has 16 heavy (non-hydrogen) atoms. The van der Waals surface area contributed by atoms with Crippen LogP contribution in [0.1, 0.15) is 19.3 Å². The molecule has 2 nitrogen and oxygen atoms in total. The minimum atomic E-state index is -0.216. The Morgan fingerprint density at radius 1 is 1.31 bits per heavy atom. The van der Waals surface area contributed by atoms with Gasteiger partial charge in [0, 0.05) is 0 Å². The fraction of sp³-hybridized carbons (Fsp3) is 0.308. The molecule has 0 aromatic heterocycles. The number of carbonyl (C=O) groups excluding carboxylic acids is 1. The Labute approximate surface area is 102 Å². The first kappa shape index (κ1) is 11.4. The van der Waals surface area contributed by atoms with Crippen molar-refractivity contribution in [2.45, 2.75) is 25.4 Å². The van der Waals surface area contributed by atoms with E-state index in [0.717, 1.165) is 23.7 Å². The Balaban J connectivity index is 1.84. The van der Waals surface area contributed by atoms with Crippen molar-refractivity contribution < 1.29 is 9.53 Å². The summed E-state index contributed by atoms with van der Waals surface area (Å²) < 4.78 is 6.47. The number of ether oxygens (including phenoxy) is 1. The number of allylic oxidation sites excluding steroid dienone is 1. The van der Waals surface area contributed by atoms with Gasteiger partial charge in [0.15, 0.2) is 0 Å². The van der Waals surface area contributed by atoms with Crippen molar-refractivity contribution >= 4 is 24.3 Å². The monoisotopic (exact) mass is 282 g/mol. The molecule has 0 radical (unpaired) electrons. The van der Waals surface area contributed by atoms with Crippen LogP contribution in [0.3, 0.4) is 0 Å². The molecule has 0 N–H and O–H groups in total. The van der Waals surface area contributed by atoms with E-state index in [1.807, 2.05) is 36.4 Å². The summed E-state index contributed by atoms with van der Waals surface area (Å²) in [5, 5.41) is 0. The van der Waals surface area contributed by atoms with Crippen molar-refractivity contribution in [1.29, 1.82) is 0 Å². The maximum absolute atomic E-state index is 11.7. The molecule has 1 aliphatic rings. The zero-order valence-electron chi connectivity index (χ0n) is 8.96. The summed E-state index contributed by atoms with van der Waals surface area (Å²) in [6.07, 6.45) is 7.30. The van der Waals surface area contributed by atoms with Crippen molar-refractivity contribution in [2.24, 2.45) is 0 Å². The SMILES string of the molecule is O=C(O[C@@H]1C=CCCC1)[Se]c1ccccc1. The molecule has 0 amide bonds. The number of rotatable bonds is 3. The Hall–Kier alpha value is -1.05. The van der Waals surface area contributed by atoms with E-state index in [1.54, 1.807) is 0 Å². The van der Waals surface area contributed by atoms with Gasteiger partial charge in [-0.2, -0.15) is 0 Å². The molecule has 0 aliphatic heterocycles. The summed E-state index contributed by atoms with van der Waals surface area (Å²) in [7, 11) is 0.